The third-order valence-electron chi connectivity index (χ3n) is 2.66. The van der Waals surface area contributed by atoms with Gasteiger partial charge in [-0.1, -0.05) is 12.1 Å². The number of nitrogens with two attached hydrogens (primary N) is 1. The standard InChI is InChI=1S/C15H14N2O2/c1-18-15-6-5-12(8-14(15)17)10-19-13-4-2-3-11(7-13)9-16/h2-8H,10,17H2,1H3. The average molecular weight is 254 g/mol. The van der Waals surface area contributed by atoms with Gasteiger partial charge in [0.15, 0.2) is 0 Å². The highest BCUT2D eigenvalue weighted by molar-refractivity contribution is 5.54. The lowest BCUT2D eigenvalue weighted by Gasteiger charge is -2.09. The Labute approximate surface area is 112 Å². The van der Waals surface area contributed by atoms with Crippen LogP contribution in [-0.4, -0.2) is 7.11 Å². The highest BCUT2D eigenvalue weighted by Crippen LogP contribution is 2.23. The lowest BCUT2D eigenvalue weighted by atomic mass is 10.2. The van der Waals surface area contributed by atoms with Gasteiger partial charge in [0.05, 0.1) is 24.4 Å². The number of ether oxygens (including phenoxy) is 2. The Morgan fingerprint density at radius 3 is 2.74 bits per heavy atom. The molecule has 2 rings (SSSR count). The number of methoxy groups -OCH3 is 1. The van der Waals surface area contributed by atoms with Crippen LogP contribution >= 0.6 is 0 Å². The van der Waals surface area contributed by atoms with E-state index in [1.165, 1.54) is 0 Å². The molecule has 0 aliphatic carbocycles. The molecule has 0 bridgehead atoms. The highest BCUT2D eigenvalue weighted by Gasteiger charge is 2.02. The van der Waals surface area contributed by atoms with Crippen molar-refractivity contribution in [2.24, 2.45) is 0 Å². The molecule has 0 saturated heterocycles. The van der Waals surface area contributed by atoms with E-state index in [1.54, 1.807) is 31.4 Å². The predicted molar refractivity (Wildman–Crippen MR) is 72.9 cm³/mol. The third kappa shape index (κ3) is 3.17. The van der Waals surface area contributed by atoms with Gasteiger partial charge < -0.3 is 15.2 Å². The van der Waals surface area contributed by atoms with Crippen LogP contribution in [0.5, 0.6) is 11.5 Å². The van der Waals surface area contributed by atoms with Crippen molar-refractivity contribution in [1.29, 1.82) is 5.26 Å². The molecular formula is C15H14N2O2. The molecule has 19 heavy (non-hydrogen) atoms. The molecule has 0 aromatic heterocycles. The molecule has 0 unspecified atom stereocenters. The minimum absolute atomic E-state index is 0.392. The van der Waals surface area contributed by atoms with Crippen LogP contribution in [-0.2, 0) is 6.61 Å². The minimum atomic E-state index is 0.392. The van der Waals surface area contributed by atoms with Crippen molar-refractivity contribution in [2.45, 2.75) is 6.61 Å². The zero-order valence-corrected chi connectivity index (χ0v) is 10.6. The van der Waals surface area contributed by atoms with Crippen LogP contribution in [0.25, 0.3) is 0 Å². The van der Waals surface area contributed by atoms with Gasteiger partial charge in [0.25, 0.3) is 0 Å². The SMILES string of the molecule is COc1ccc(COc2cccc(C#N)c2)cc1N. The fraction of sp³-hybridized carbons (Fsp3) is 0.133. The quantitative estimate of drug-likeness (QED) is 0.852. The molecule has 0 aliphatic rings. The first kappa shape index (κ1) is 12.8. The first-order valence-electron chi connectivity index (χ1n) is 5.78. The van der Waals surface area contributed by atoms with Crippen LogP contribution in [0.15, 0.2) is 42.5 Å². The number of benzene rings is 2. The summed E-state index contributed by atoms with van der Waals surface area (Å²) < 4.78 is 10.7. The van der Waals surface area contributed by atoms with E-state index in [4.69, 9.17) is 20.5 Å². The van der Waals surface area contributed by atoms with Gasteiger partial charge >= 0.3 is 0 Å². The second-order valence-corrected chi connectivity index (χ2v) is 4.00. The lowest BCUT2D eigenvalue weighted by Crippen LogP contribution is -1.98. The Morgan fingerprint density at radius 1 is 1.21 bits per heavy atom. The van der Waals surface area contributed by atoms with E-state index in [0.29, 0.717) is 29.4 Å². The van der Waals surface area contributed by atoms with Gasteiger partial charge in [0, 0.05) is 0 Å². The zero-order valence-electron chi connectivity index (χ0n) is 10.6. The first-order valence-corrected chi connectivity index (χ1v) is 5.78. The molecule has 2 aromatic carbocycles. The Bertz CT molecular complexity index is 618. The van der Waals surface area contributed by atoms with E-state index in [1.807, 2.05) is 18.2 Å². The fourth-order valence-electron chi connectivity index (χ4n) is 1.70. The summed E-state index contributed by atoms with van der Waals surface area (Å²) in [6.45, 7) is 0.392. The summed E-state index contributed by atoms with van der Waals surface area (Å²) in [6, 6.07) is 14.6. The summed E-state index contributed by atoms with van der Waals surface area (Å²) in [7, 11) is 1.58. The van der Waals surface area contributed by atoms with Crippen molar-refractivity contribution in [1.82, 2.24) is 0 Å². The Morgan fingerprint density at radius 2 is 2.05 bits per heavy atom. The molecule has 0 radical (unpaired) electrons. The van der Waals surface area contributed by atoms with Gasteiger partial charge in [-0.25, -0.2) is 0 Å². The molecular weight excluding hydrogens is 240 g/mol. The monoisotopic (exact) mass is 254 g/mol. The summed E-state index contributed by atoms with van der Waals surface area (Å²) in [5.41, 5.74) is 7.92. The maximum atomic E-state index is 8.81. The average Bonchev–Trinajstić information content (AvgIpc) is 2.45. The Hall–Kier alpha value is -2.67. The molecule has 0 spiro atoms. The summed E-state index contributed by atoms with van der Waals surface area (Å²) in [5, 5.41) is 8.81. The number of anilines is 1. The summed E-state index contributed by atoms with van der Waals surface area (Å²) >= 11 is 0. The number of nitriles is 1. The topological polar surface area (TPSA) is 68.3 Å². The number of hydrogen-bond donors (Lipinski definition) is 1. The smallest absolute Gasteiger partial charge is 0.141 e. The third-order valence-corrected chi connectivity index (χ3v) is 2.66. The molecule has 4 heteroatoms. The van der Waals surface area contributed by atoms with E-state index in [-0.39, 0.29) is 0 Å². The maximum Gasteiger partial charge on any atom is 0.141 e. The molecule has 96 valence electrons. The van der Waals surface area contributed by atoms with Gasteiger partial charge in [-0.15, -0.1) is 0 Å². The van der Waals surface area contributed by atoms with E-state index in [2.05, 4.69) is 6.07 Å². The zero-order chi connectivity index (χ0) is 13.7. The van der Waals surface area contributed by atoms with Gasteiger partial charge in [-0.2, -0.15) is 5.26 Å². The fourth-order valence-corrected chi connectivity index (χ4v) is 1.70. The van der Waals surface area contributed by atoms with Gasteiger partial charge in [0.1, 0.15) is 18.1 Å². The number of hydrogen-bond acceptors (Lipinski definition) is 4. The molecule has 0 fully saturated rings. The van der Waals surface area contributed by atoms with Gasteiger partial charge in [0.2, 0.25) is 0 Å². The second kappa shape index (κ2) is 5.78. The van der Waals surface area contributed by atoms with Crippen molar-refractivity contribution in [3.05, 3.63) is 53.6 Å². The largest absolute Gasteiger partial charge is 0.495 e. The van der Waals surface area contributed by atoms with Crippen LogP contribution in [0.3, 0.4) is 0 Å². The van der Waals surface area contributed by atoms with Crippen molar-refractivity contribution in [3.63, 3.8) is 0 Å². The van der Waals surface area contributed by atoms with E-state index >= 15 is 0 Å². The number of rotatable bonds is 4. The number of nitrogens with zero attached hydrogens (tertiary/aromatic N) is 1. The summed E-state index contributed by atoms with van der Waals surface area (Å²) in [4.78, 5) is 0. The van der Waals surface area contributed by atoms with Crippen molar-refractivity contribution >= 4 is 5.69 Å². The van der Waals surface area contributed by atoms with Gasteiger partial charge in [-0.05, 0) is 35.9 Å². The van der Waals surface area contributed by atoms with E-state index in [9.17, 15) is 0 Å². The van der Waals surface area contributed by atoms with E-state index in [0.717, 1.165) is 5.56 Å². The maximum absolute atomic E-state index is 8.81. The Balaban J connectivity index is 2.06. The molecule has 0 heterocycles. The highest BCUT2D eigenvalue weighted by atomic mass is 16.5. The molecule has 0 saturated carbocycles. The molecule has 0 aliphatic heterocycles. The lowest BCUT2D eigenvalue weighted by molar-refractivity contribution is 0.306. The van der Waals surface area contributed by atoms with Crippen LogP contribution in [0.2, 0.25) is 0 Å². The van der Waals surface area contributed by atoms with E-state index < -0.39 is 0 Å². The number of nitrogen functional groups attached to an aromatic ring is 1. The van der Waals surface area contributed by atoms with Crippen molar-refractivity contribution < 1.29 is 9.47 Å². The molecule has 0 atom stereocenters. The van der Waals surface area contributed by atoms with Crippen LogP contribution in [0.1, 0.15) is 11.1 Å². The normalized spacial score (nSPS) is 9.68. The second-order valence-electron chi connectivity index (χ2n) is 4.00. The molecule has 0 amide bonds. The molecule has 2 N–H and O–H groups in total. The van der Waals surface area contributed by atoms with Gasteiger partial charge in [-0.3, -0.25) is 0 Å². The minimum Gasteiger partial charge on any atom is -0.495 e. The Kier molecular flexibility index (Phi) is 3.89. The molecule has 2 aromatic rings. The summed E-state index contributed by atoms with van der Waals surface area (Å²) in [6.07, 6.45) is 0. The first-order chi connectivity index (χ1) is 9.22. The van der Waals surface area contributed by atoms with Crippen molar-refractivity contribution in [3.8, 4) is 17.6 Å². The molecule has 4 nitrogen and oxygen atoms in total. The van der Waals surface area contributed by atoms with Crippen LogP contribution < -0.4 is 15.2 Å². The predicted octanol–water partition coefficient (Wildman–Crippen LogP) is 2.73. The van der Waals surface area contributed by atoms with Crippen molar-refractivity contribution in [2.75, 3.05) is 12.8 Å². The van der Waals surface area contributed by atoms with Crippen LogP contribution in [0, 0.1) is 11.3 Å². The van der Waals surface area contributed by atoms with Crippen LogP contribution in [0.4, 0.5) is 5.69 Å². The summed E-state index contributed by atoms with van der Waals surface area (Å²) in [5.74, 6) is 1.31.